The van der Waals surface area contributed by atoms with Crippen LogP contribution in [0.4, 0.5) is 0 Å². The van der Waals surface area contributed by atoms with Gasteiger partial charge in [0.05, 0.1) is 10.5 Å². The van der Waals surface area contributed by atoms with Crippen LogP contribution in [0.2, 0.25) is 0 Å². The van der Waals surface area contributed by atoms with Gasteiger partial charge in [0, 0.05) is 26.7 Å². The Hall–Kier alpha value is -0.0500. The van der Waals surface area contributed by atoms with Crippen molar-refractivity contribution in [1.82, 2.24) is 10.2 Å². The van der Waals surface area contributed by atoms with Gasteiger partial charge in [-0.05, 0) is 39.5 Å². The van der Waals surface area contributed by atoms with E-state index in [9.17, 15) is 8.42 Å². The van der Waals surface area contributed by atoms with Crippen molar-refractivity contribution >= 4 is 39.8 Å². The minimum Gasteiger partial charge on any atom is -0.355 e. The molecule has 1 aliphatic rings. The van der Waals surface area contributed by atoms with E-state index >= 15 is 0 Å². The summed E-state index contributed by atoms with van der Waals surface area (Å²) < 4.78 is 23.4. The lowest BCUT2D eigenvalue weighted by Gasteiger charge is -2.33. The Kier molecular flexibility index (Phi) is 8.53. The summed E-state index contributed by atoms with van der Waals surface area (Å²) in [4.78, 5) is 6.47. The van der Waals surface area contributed by atoms with Gasteiger partial charge in [0.2, 0.25) is 0 Å². The average Bonchev–Trinajstić information content (AvgIpc) is 2.34. The summed E-state index contributed by atoms with van der Waals surface area (Å²) in [6.45, 7) is 9.89. The zero-order valence-electron chi connectivity index (χ0n) is 13.8. The molecule has 7 heteroatoms. The number of guanidine groups is 1. The number of rotatable bonds is 3. The first-order valence-corrected chi connectivity index (χ1v) is 9.00. The predicted octanol–water partition coefficient (Wildman–Crippen LogP) is 2.13. The van der Waals surface area contributed by atoms with Gasteiger partial charge in [0.25, 0.3) is 0 Å². The highest BCUT2D eigenvalue weighted by Crippen LogP contribution is 2.17. The van der Waals surface area contributed by atoms with Gasteiger partial charge >= 0.3 is 0 Å². The van der Waals surface area contributed by atoms with E-state index in [4.69, 9.17) is 0 Å². The molecule has 0 amide bonds. The molecule has 0 aromatic carbocycles. The number of hydrogen-bond donors (Lipinski definition) is 1. The molecule has 0 saturated carbocycles. The van der Waals surface area contributed by atoms with Gasteiger partial charge in [-0.1, -0.05) is 6.92 Å². The number of likely N-dealkylation sites (tertiary alicyclic amines) is 1. The smallest absolute Gasteiger partial charge is 0.193 e. The maximum atomic E-state index is 12.0. The summed E-state index contributed by atoms with van der Waals surface area (Å²) in [5, 5.41) is 3.18. The van der Waals surface area contributed by atoms with Crippen LogP contribution in [-0.2, 0) is 9.84 Å². The summed E-state index contributed by atoms with van der Waals surface area (Å²) in [5.41, 5.74) is 0. The minimum absolute atomic E-state index is 0. The Morgan fingerprint density at radius 2 is 1.81 bits per heavy atom. The van der Waals surface area contributed by atoms with E-state index in [1.54, 1.807) is 27.8 Å². The fourth-order valence-corrected chi connectivity index (χ4v) is 3.14. The van der Waals surface area contributed by atoms with E-state index in [0.717, 1.165) is 25.0 Å². The molecule has 21 heavy (non-hydrogen) atoms. The third-order valence-electron chi connectivity index (χ3n) is 3.88. The molecule has 126 valence electrons. The second-order valence-electron chi connectivity index (χ2n) is 6.57. The van der Waals surface area contributed by atoms with E-state index in [1.165, 1.54) is 12.8 Å². The first-order chi connectivity index (χ1) is 9.17. The Morgan fingerprint density at radius 3 is 2.24 bits per heavy atom. The van der Waals surface area contributed by atoms with Gasteiger partial charge in [-0.15, -0.1) is 24.0 Å². The van der Waals surface area contributed by atoms with Crippen LogP contribution in [0.5, 0.6) is 0 Å². The maximum absolute atomic E-state index is 12.0. The van der Waals surface area contributed by atoms with E-state index in [-0.39, 0.29) is 29.7 Å². The number of halogens is 1. The molecule has 1 heterocycles. The topological polar surface area (TPSA) is 61.8 Å². The van der Waals surface area contributed by atoms with Crippen molar-refractivity contribution in [2.75, 3.05) is 32.4 Å². The zero-order chi connectivity index (χ0) is 15.4. The molecule has 0 aromatic heterocycles. The summed E-state index contributed by atoms with van der Waals surface area (Å²) in [6, 6.07) is 0. The molecule has 1 saturated heterocycles. The quantitative estimate of drug-likeness (QED) is 0.423. The summed E-state index contributed by atoms with van der Waals surface area (Å²) in [7, 11) is -1.33. The number of nitrogens with zero attached hydrogens (tertiary/aromatic N) is 2. The van der Waals surface area contributed by atoms with Gasteiger partial charge in [0.15, 0.2) is 15.8 Å². The van der Waals surface area contributed by atoms with Gasteiger partial charge < -0.3 is 10.2 Å². The van der Waals surface area contributed by atoms with Crippen LogP contribution in [0.15, 0.2) is 4.99 Å². The Labute approximate surface area is 146 Å². The lowest BCUT2D eigenvalue weighted by Crippen LogP contribution is -2.47. The van der Waals surface area contributed by atoms with Crippen molar-refractivity contribution in [1.29, 1.82) is 0 Å². The second-order valence-corrected chi connectivity index (χ2v) is 9.44. The SMILES string of the molecule is CN=C(NCCS(=O)(=O)C(C)(C)C)N1CCC(C)CC1.I. The molecular formula is C14H30IN3O2S. The normalized spacial score (nSPS) is 18.3. The Bertz CT molecular complexity index is 436. The van der Waals surface area contributed by atoms with Crippen molar-refractivity contribution < 1.29 is 8.42 Å². The van der Waals surface area contributed by atoms with Crippen molar-refractivity contribution in [2.24, 2.45) is 10.9 Å². The molecule has 1 N–H and O–H groups in total. The van der Waals surface area contributed by atoms with E-state index < -0.39 is 14.6 Å². The molecule has 0 unspecified atom stereocenters. The highest BCUT2D eigenvalue weighted by Gasteiger charge is 2.28. The van der Waals surface area contributed by atoms with Crippen LogP contribution < -0.4 is 5.32 Å². The van der Waals surface area contributed by atoms with Crippen LogP contribution in [0, 0.1) is 5.92 Å². The van der Waals surface area contributed by atoms with Gasteiger partial charge in [-0.25, -0.2) is 8.42 Å². The predicted molar refractivity (Wildman–Crippen MR) is 100 cm³/mol. The fraction of sp³-hybridized carbons (Fsp3) is 0.929. The van der Waals surface area contributed by atoms with Crippen LogP contribution in [-0.4, -0.2) is 56.5 Å². The van der Waals surface area contributed by atoms with Gasteiger partial charge in [0.1, 0.15) is 0 Å². The summed E-state index contributed by atoms with van der Waals surface area (Å²) >= 11 is 0. The Balaban J connectivity index is 0.00000400. The molecule has 1 aliphatic heterocycles. The highest BCUT2D eigenvalue weighted by atomic mass is 127. The molecular weight excluding hydrogens is 401 g/mol. The standard InChI is InChI=1S/C14H29N3O2S.HI/c1-12-6-9-17(10-7-12)13(15-5)16-8-11-20(18,19)14(2,3)4;/h12H,6-11H2,1-5H3,(H,15,16);1H. The molecule has 0 aromatic rings. The third kappa shape index (κ3) is 6.30. The average molecular weight is 431 g/mol. The van der Waals surface area contributed by atoms with Crippen molar-refractivity contribution in [3.8, 4) is 0 Å². The molecule has 1 fully saturated rings. The number of sulfone groups is 1. The number of nitrogens with one attached hydrogen (secondary N) is 1. The van der Waals surface area contributed by atoms with Crippen LogP contribution in [0.1, 0.15) is 40.5 Å². The molecule has 0 bridgehead atoms. The first-order valence-electron chi connectivity index (χ1n) is 7.35. The maximum Gasteiger partial charge on any atom is 0.193 e. The van der Waals surface area contributed by atoms with Crippen molar-refractivity contribution in [3.63, 3.8) is 0 Å². The monoisotopic (exact) mass is 431 g/mol. The molecule has 0 atom stereocenters. The molecule has 0 spiro atoms. The summed E-state index contributed by atoms with van der Waals surface area (Å²) in [5.74, 6) is 1.73. The molecule has 0 aliphatic carbocycles. The first kappa shape index (κ1) is 20.9. The van der Waals surface area contributed by atoms with Crippen LogP contribution >= 0.6 is 24.0 Å². The third-order valence-corrected chi connectivity index (χ3v) is 6.49. The van der Waals surface area contributed by atoms with Crippen LogP contribution in [0.25, 0.3) is 0 Å². The van der Waals surface area contributed by atoms with Crippen LogP contribution in [0.3, 0.4) is 0 Å². The van der Waals surface area contributed by atoms with Gasteiger partial charge in [-0.2, -0.15) is 0 Å². The molecule has 1 rings (SSSR count). The lowest BCUT2D eigenvalue weighted by atomic mass is 10.00. The van der Waals surface area contributed by atoms with E-state index in [1.807, 2.05) is 0 Å². The fourth-order valence-electron chi connectivity index (χ4n) is 2.16. The lowest BCUT2D eigenvalue weighted by molar-refractivity contribution is 0.274. The van der Waals surface area contributed by atoms with E-state index in [2.05, 4.69) is 22.1 Å². The molecule has 5 nitrogen and oxygen atoms in total. The van der Waals surface area contributed by atoms with Gasteiger partial charge in [-0.3, -0.25) is 4.99 Å². The number of hydrogen-bond acceptors (Lipinski definition) is 3. The largest absolute Gasteiger partial charge is 0.355 e. The highest BCUT2D eigenvalue weighted by molar-refractivity contribution is 14.0. The van der Waals surface area contributed by atoms with E-state index in [0.29, 0.717) is 6.54 Å². The molecule has 0 radical (unpaired) electrons. The second kappa shape index (κ2) is 8.55. The van der Waals surface area contributed by atoms with Crippen molar-refractivity contribution in [3.05, 3.63) is 0 Å². The number of aliphatic imine (C=N–C) groups is 1. The zero-order valence-corrected chi connectivity index (χ0v) is 17.0. The minimum atomic E-state index is -3.08. The Morgan fingerprint density at radius 1 is 1.29 bits per heavy atom. The number of piperidine rings is 1. The van der Waals surface area contributed by atoms with Crippen molar-refractivity contribution in [2.45, 2.75) is 45.3 Å². The summed E-state index contributed by atoms with van der Waals surface area (Å²) in [6.07, 6.45) is 2.34.